The number of rotatable bonds is 6. The lowest BCUT2D eigenvalue weighted by Crippen LogP contribution is -2.23. The Bertz CT molecular complexity index is 532. The summed E-state index contributed by atoms with van der Waals surface area (Å²) in [6.45, 7) is 1.22. The minimum atomic E-state index is -0.675. The Morgan fingerprint density at radius 2 is 2.16 bits per heavy atom. The van der Waals surface area contributed by atoms with Crippen LogP contribution in [0.1, 0.15) is 16.5 Å². The normalized spacial score (nSPS) is 12.6. The van der Waals surface area contributed by atoms with Crippen LogP contribution < -0.4 is 5.32 Å². The quantitative estimate of drug-likeness (QED) is 0.786. The van der Waals surface area contributed by atoms with Crippen LogP contribution in [0, 0.1) is 5.82 Å². The minimum Gasteiger partial charge on any atom is -0.387 e. The van der Waals surface area contributed by atoms with E-state index in [1.807, 2.05) is 6.07 Å². The van der Waals surface area contributed by atoms with Gasteiger partial charge in [-0.3, -0.25) is 0 Å². The Balaban J connectivity index is 1.73. The second-order valence-electron chi connectivity index (χ2n) is 4.23. The van der Waals surface area contributed by atoms with Crippen molar-refractivity contribution in [3.8, 4) is 0 Å². The number of halogens is 2. The molecule has 0 aliphatic carbocycles. The van der Waals surface area contributed by atoms with E-state index in [4.69, 9.17) is 0 Å². The van der Waals surface area contributed by atoms with Crippen molar-refractivity contribution in [2.45, 2.75) is 12.5 Å². The topological polar surface area (TPSA) is 32.3 Å². The highest BCUT2D eigenvalue weighted by Crippen LogP contribution is 2.22. The summed E-state index contributed by atoms with van der Waals surface area (Å²) in [5.41, 5.74) is 0.603. The molecule has 2 N–H and O–H groups in total. The van der Waals surface area contributed by atoms with E-state index < -0.39 is 6.10 Å². The molecule has 1 aromatic carbocycles. The summed E-state index contributed by atoms with van der Waals surface area (Å²) in [6.07, 6.45) is 0.248. The summed E-state index contributed by atoms with van der Waals surface area (Å²) in [7, 11) is 0. The fraction of sp³-hybridized carbons (Fsp3) is 0.286. The second kappa shape index (κ2) is 7.14. The van der Waals surface area contributed by atoms with Crippen LogP contribution in [0.25, 0.3) is 0 Å². The van der Waals surface area contributed by atoms with Gasteiger partial charge in [-0.1, -0.05) is 12.1 Å². The van der Waals surface area contributed by atoms with E-state index in [2.05, 4.69) is 27.3 Å². The van der Waals surface area contributed by atoms with Crippen molar-refractivity contribution in [1.82, 2.24) is 5.32 Å². The first-order valence-corrected chi connectivity index (χ1v) is 7.64. The van der Waals surface area contributed by atoms with Gasteiger partial charge in [0.05, 0.1) is 9.89 Å². The molecule has 0 spiro atoms. The van der Waals surface area contributed by atoms with Gasteiger partial charge in [-0.25, -0.2) is 4.39 Å². The smallest absolute Gasteiger partial charge is 0.123 e. The van der Waals surface area contributed by atoms with E-state index in [0.717, 1.165) is 16.8 Å². The first-order chi connectivity index (χ1) is 9.15. The van der Waals surface area contributed by atoms with Crippen molar-refractivity contribution in [2.24, 2.45) is 0 Å². The van der Waals surface area contributed by atoms with Crippen LogP contribution >= 0.6 is 27.3 Å². The monoisotopic (exact) mass is 343 g/mol. The van der Waals surface area contributed by atoms with E-state index in [-0.39, 0.29) is 5.82 Å². The van der Waals surface area contributed by atoms with Crippen molar-refractivity contribution in [3.63, 3.8) is 0 Å². The number of aliphatic hydroxyl groups excluding tert-OH is 1. The fourth-order valence-corrected chi connectivity index (χ4v) is 3.25. The molecule has 0 aliphatic rings. The van der Waals surface area contributed by atoms with Crippen LogP contribution in [0.15, 0.2) is 40.2 Å². The van der Waals surface area contributed by atoms with Crippen LogP contribution in [0.2, 0.25) is 0 Å². The molecule has 1 heterocycles. The van der Waals surface area contributed by atoms with E-state index >= 15 is 0 Å². The maximum absolute atomic E-state index is 13.0. The highest BCUT2D eigenvalue weighted by atomic mass is 79.9. The van der Waals surface area contributed by atoms with Gasteiger partial charge in [-0.15, -0.1) is 11.3 Å². The van der Waals surface area contributed by atoms with Gasteiger partial charge in [-0.2, -0.15) is 0 Å². The van der Waals surface area contributed by atoms with Gasteiger partial charge in [0.15, 0.2) is 0 Å². The predicted molar refractivity (Wildman–Crippen MR) is 80.0 cm³/mol. The highest BCUT2D eigenvalue weighted by molar-refractivity contribution is 9.11. The Morgan fingerprint density at radius 1 is 1.32 bits per heavy atom. The SMILES string of the molecule is OC(CNCCc1ccc(Br)s1)c1cccc(F)c1. The Labute approximate surface area is 124 Å². The Hall–Kier alpha value is -0.750. The lowest BCUT2D eigenvalue weighted by Gasteiger charge is -2.12. The molecule has 2 aromatic rings. The third-order valence-corrected chi connectivity index (χ3v) is 4.43. The molecule has 5 heteroatoms. The number of benzene rings is 1. The van der Waals surface area contributed by atoms with E-state index in [1.54, 1.807) is 23.5 Å². The molecule has 1 aromatic heterocycles. The van der Waals surface area contributed by atoms with Gasteiger partial charge < -0.3 is 10.4 Å². The predicted octanol–water partition coefficient (Wildman–Crippen LogP) is 3.52. The van der Waals surface area contributed by atoms with Gasteiger partial charge >= 0.3 is 0 Å². The third-order valence-electron chi connectivity index (χ3n) is 2.75. The number of aliphatic hydroxyl groups is 1. The summed E-state index contributed by atoms with van der Waals surface area (Å²) in [4.78, 5) is 1.29. The molecule has 0 bridgehead atoms. The van der Waals surface area contributed by atoms with Crippen LogP contribution in [0.4, 0.5) is 4.39 Å². The molecule has 0 saturated heterocycles. The zero-order chi connectivity index (χ0) is 13.7. The van der Waals surface area contributed by atoms with Crippen molar-refractivity contribution >= 4 is 27.3 Å². The molecule has 0 saturated carbocycles. The first-order valence-electron chi connectivity index (χ1n) is 6.03. The lowest BCUT2D eigenvalue weighted by molar-refractivity contribution is 0.174. The van der Waals surface area contributed by atoms with Crippen molar-refractivity contribution in [3.05, 3.63) is 56.4 Å². The average molecular weight is 344 g/mol. The van der Waals surface area contributed by atoms with Gasteiger partial charge in [0.1, 0.15) is 5.82 Å². The molecule has 1 unspecified atom stereocenters. The van der Waals surface area contributed by atoms with Crippen molar-refractivity contribution in [2.75, 3.05) is 13.1 Å². The van der Waals surface area contributed by atoms with Gasteiger partial charge in [0, 0.05) is 18.0 Å². The summed E-state index contributed by atoms with van der Waals surface area (Å²) in [5.74, 6) is -0.319. The van der Waals surface area contributed by atoms with E-state index in [1.165, 1.54) is 17.0 Å². The number of thiophene rings is 1. The van der Waals surface area contributed by atoms with Crippen LogP contribution in [-0.2, 0) is 6.42 Å². The Kier molecular flexibility index (Phi) is 5.51. The maximum atomic E-state index is 13.0. The second-order valence-corrected chi connectivity index (χ2v) is 6.78. The molecule has 102 valence electrons. The molecule has 0 fully saturated rings. The molecule has 2 rings (SSSR count). The molecular weight excluding hydrogens is 329 g/mol. The van der Waals surface area contributed by atoms with Crippen LogP contribution in [0.3, 0.4) is 0 Å². The number of hydrogen-bond donors (Lipinski definition) is 2. The molecule has 1 atom stereocenters. The standard InChI is InChI=1S/C14H15BrFNOS/c15-14-5-4-12(19-14)6-7-17-9-13(18)10-2-1-3-11(16)8-10/h1-5,8,13,17-18H,6-7,9H2. The molecule has 0 aliphatic heterocycles. The summed E-state index contributed by atoms with van der Waals surface area (Å²) >= 11 is 5.13. The van der Waals surface area contributed by atoms with Gasteiger partial charge in [0.25, 0.3) is 0 Å². The Morgan fingerprint density at radius 3 is 2.84 bits per heavy atom. The minimum absolute atomic E-state index is 0.319. The largest absolute Gasteiger partial charge is 0.387 e. The van der Waals surface area contributed by atoms with Crippen molar-refractivity contribution < 1.29 is 9.50 Å². The fourth-order valence-electron chi connectivity index (χ4n) is 1.77. The summed E-state index contributed by atoms with van der Waals surface area (Å²) in [5, 5.41) is 13.1. The molecular formula is C14H15BrFNOS. The summed E-state index contributed by atoms with van der Waals surface area (Å²) < 4.78 is 14.1. The van der Waals surface area contributed by atoms with Gasteiger partial charge in [0.2, 0.25) is 0 Å². The highest BCUT2D eigenvalue weighted by Gasteiger charge is 2.07. The van der Waals surface area contributed by atoms with Crippen LogP contribution in [0.5, 0.6) is 0 Å². The van der Waals surface area contributed by atoms with E-state index in [0.29, 0.717) is 12.1 Å². The third kappa shape index (κ3) is 4.69. The zero-order valence-corrected chi connectivity index (χ0v) is 12.7. The summed E-state index contributed by atoms with van der Waals surface area (Å²) in [6, 6.07) is 10.2. The zero-order valence-electron chi connectivity index (χ0n) is 10.3. The maximum Gasteiger partial charge on any atom is 0.123 e. The lowest BCUT2D eigenvalue weighted by atomic mass is 10.1. The van der Waals surface area contributed by atoms with Crippen molar-refractivity contribution in [1.29, 1.82) is 0 Å². The number of hydrogen-bond acceptors (Lipinski definition) is 3. The average Bonchev–Trinajstić information content (AvgIpc) is 2.80. The molecule has 2 nitrogen and oxygen atoms in total. The first kappa shape index (κ1) is 14.7. The molecule has 0 amide bonds. The van der Waals surface area contributed by atoms with E-state index in [9.17, 15) is 9.50 Å². The number of nitrogens with one attached hydrogen (secondary N) is 1. The van der Waals surface area contributed by atoms with Gasteiger partial charge in [-0.05, 0) is 52.2 Å². The van der Waals surface area contributed by atoms with Crippen LogP contribution in [-0.4, -0.2) is 18.2 Å². The molecule has 19 heavy (non-hydrogen) atoms. The molecule has 0 radical (unpaired) electrons.